The summed E-state index contributed by atoms with van der Waals surface area (Å²) in [4.78, 5) is 39.2. The van der Waals surface area contributed by atoms with Crippen LogP contribution in [-0.4, -0.2) is 40.7 Å². The second-order valence-corrected chi connectivity index (χ2v) is 7.60. The van der Waals surface area contributed by atoms with Gasteiger partial charge < -0.3 is 4.74 Å². The largest absolute Gasteiger partial charge is 0.425 e. The normalized spacial score (nSPS) is 14.3. The lowest BCUT2D eigenvalue weighted by Gasteiger charge is -2.24. The number of ether oxygens (including phenoxy) is 1. The van der Waals surface area contributed by atoms with Gasteiger partial charge >= 0.3 is 5.97 Å². The lowest BCUT2D eigenvalue weighted by atomic mass is 10.1. The van der Waals surface area contributed by atoms with Gasteiger partial charge in [0.1, 0.15) is 11.8 Å². The van der Waals surface area contributed by atoms with Gasteiger partial charge in [-0.1, -0.05) is 28.1 Å². The summed E-state index contributed by atoms with van der Waals surface area (Å²) in [5.41, 5.74) is 0.645. The third-order valence-corrected chi connectivity index (χ3v) is 5.21. The molecule has 7 heteroatoms. The van der Waals surface area contributed by atoms with Gasteiger partial charge in [0.25, 0.3) is 11.8 Å². The highest BCUT2D eigenvalue weighted by Crippen LogP contribution is 2.27. The van der Waals surface area contributed by atoms with Gasteiger partial charge in [0.2, 0.25) is 0 Å². The molecule has 0 saturated carbocycles. The molecule has 1 atom stereocenters. The van der Waals surface area contributed by atoms with Crippen molar-refractivity contribution >= 4 is 45.5 Å². The van der Waals surface area contributed by atoms with E-state index in [0.717, 1.165) is 9.37 Å². The van der Waals surface area contributed by atoms with Crippen LogP contribution in [0.15, 0.2) is 53.0 Å². The average molecular weight is 434 g/mol. The number of halogens is 1. The zero-order valence-electron chi connectivity index (χ0n) is 14.0. The Hall–Kier alpha value is -2.12. The highest BCUT2D eigenvalue weighted by molar-refractivity contribution is 9.10. The van der Waals surface area contributed by atoms with Crippen molar-refractivity contribution in [1.82, 2.24) is 4.90 Å². The first kappa shape index (κ1) is 18.7. The van der Waals surface area contributed by atoms with Crippen molar-refractivity contribution < 1.29 is 19.1 Å². The Balaban J connectivity index is 1.86. The average Bonchev–Trinajstić information content (AvgIpc) is 2.89. The van der Waals surface area contributed by atoms with Crippen LogP contribution in [0.1, 0.15) is 27.1 Å². The fourth-order valence-corrected chi connectivity index (χ4v) is 3.48. The molecule has 5 nitrogen and oxygen atoms in total. The van der Waals surface area contributed by atoms with Gasteiger partial charge in [0.05, 0.1) is 11.1 Å². The molecule has 0 fully saturated rings. The number of amides is 2. The molecule has 1 aliphatic heterocycles. The summed E-state index contributed by atoms with van der Waals surface area (Å²) in [6.07, 6.45) is 2.24. The number of nitrogens with zero attached hydrogens (tertiary/aromatic N) is 1. The number of imide groups is 1. The molecule has 3 rings (SSSR count). The van der Waals surface area contributed by atoms with Crippen LogP contribution in [0.4, 0.5) is 0 Å². The van der Waals surface area contributed by atoms with Crippen LogP contribution < -0.4 is 4.74 Å². The van der Waals surface area contributed by atoms with E-state index in [1.807, 2.05) is 6.26 Å². The molecule has 1 heterocycles. The zero-order chi connectivity index (χ0) is 18.7. The van der Waals surface area contributed by atoms with Crippen molar-refractivity contribution in [2.24, 2.45) is 0 Å². The SMILES string of the molecule is CSCCC(C(=O)Oc1ccc(Br)cc1)N1C(=O)c2ccccc2C1=O. The first-order valence-corrected chi connectivity index (χ1v) is 10.1. The number of esters is 1. The van der Waals surface area contributed by atoms with Crippen molar-refractivity contribution in [3.05, 3.63) is 64.1 Å². The molecular weight excluding hydrogens is 418 g/mol. The van der Waals surface area contributed by atoms with Gasteiger partial charge in [-0.3, -0.25) is 14.5 Å². The maximum absolute atomic E-state index is 12.7. The molecular formula is C19H16BrNO4S. The van der Waals surface area contributed by atoms with Crippen LogP contribution >= 0.6 is 27.7 Å². The molecule has 0 saturated heterocycles. The van der Waals surface area contributed by atoms with Crippen LogP contribution in [0.3, 0.4) is 0 Å². The molecule has 2 aromatic rings. The molecule has 1 unspecified atom stereocenters. The molecule has 1 aliphatic rings. The summed E-state index contributed by atoms with van der Waals surface area (Å²) >= 11 is 4.86. The second-order valence-electron chi connectivity index (χ2n) is 5.70. The van der Waals surface area contributed by atoms with E-state index in [1.54, 1.807) is 48.5 Å². The van der Waals surface area contributed by atoms with Crippen LogP contribution in [0, 0.1) is 0 Å². The third-order valence-electron chi connectivity index (χ3n) is 4.04. The van der Waals surface area contributed by atoms with E-state index in [1.165, 1.54) is 11.8 Å². The molecule has 2 amide bonds. The minimum Gasteiger partial charge on any atom is -0.425 e. The molecule has 134 valence electrons. The first-order valence-electron chi connectivity index (χ1n) is 7.96. The van der Waals surface area contributed by atoms with E-state index in [2.05, 4.69) is 15.9 Å². The van der Waals surface area contributed by atoms with Crippen molar-refractivity contribution in [1.29, 1.82) is 0 Å². The Bertz CT molecular complexity index is 818. The fourth-order valence-electron chi connectivity index (χ4n) is 2.76. The van der Waals surface area contributed by atoms with Gasteiger partial charge in [0.15, 0.2) is 0 Å². The Morgan fingerprint density at radius 1 is 1.08 bits per heavy atom. The van der Waals surface area contributed by atoms with Crippen molar-refractivity contribution in [2.45, 2.75) is 12.5 Å². The van der Waals surface area contributed by atoms with Crippen molar-refractivity contribution in [3.8, 4) is 5.75 Å². The second kappa shape index (κ2) is 8.05. The zero-order valence-corrected chi connectivity index (χ0v) is 16.4. The number of benzene rings is 2. The number of hydrogen-bond acceptors (Lipinski definition) is 5. The molecule has 0 bridgehead atoms. The lowest BCUT2D eigenvalue weighted by Crippen LogP contribution is -2.47. The number of hydrogen-bond donors (Lipinski definition) is 0. The van der Waals surface area contributed by atoms with E-state index in [0.29, 0.717) is 29.1 Å². The van der Waals surface area contributed by atoms with E-state index in [9.17, 15) is 14.4 Å². The predicted molar refractivity (Wildman–Crippen MR) is 104 cm³/mol. The Morgan fingerprint density at radius 2 is 1.65 bits per heavy atom. The van der Waals surface area contributed by atoms with Crippen molar-refractivity contribution in [2.75, 3.05) is 12.0 Å². The van der Waals surface area contributed by atoms with E-state index in [4.69, 9.17) is 4.74 Å². The smallest absolute Gasteiger partial charge is 0.334 e. The van der Waals surface area contributed by atoms with Crippen molar-refractivity contribution in [3.63, 3.8) is 0 Å². The highest BCUT2D eigenvalue weighted by Gasteiger charge is 2.43. The van der Waals surface area contributed by atoms with Gasteiger partial charge in [-0.25, -0.2) is 4.79 Å². The number of carbonyl (C=O) groups is 3. The number of thioether (sulfide) groups is 1. The van der Waals surface area contributed by atoms with E-state index < -0.39 is 23.8 Å². The molecule has 0 radical (unpaired) electrons. The summed E-state index contributed by atoms with van der Waals surface area (Å²) in [6, 6.07) is 12.4. The molecule has 0 aromatic heterocycles. The van der Waals surface area contributed by atoms with Crippen LogP contribution in [0.25, 0.3) is 0 Å². The van der Waals surface area contributed by atoms with E-state index in [-0.39, 0.29) is 0 Å². The monoisotopic (exact) mass is 433 g/mol. The molecule has 0 aliphatic carbocycles. The molecule has 2 aromatic carbocycles. The number of carbonyl (C=O) groups excluding carboxylic acids is 3. The quantitative estimate of drug-likeness (QED) is 0.394. The van der Waals surface area contributed by atoms with Gasteiger partial charge in [0, 0.05) is 4.47 Å². The topological polar surface area (TPSA) is 63.7 Å². The summed E-state index contributed by atoms with van der Waals surface area (Å²) in [6.45, 7) is 0. The lowest BCUT2D eigenvalue weighted by molar-refractivity contribution is -0.138. The van der Waals surface area contributed by atoms with Gasteiger partial charge in [-0.15, -0.1) is 0 Å². The summed E-state index contributed by atoms with van der Waals surface area (Å²) < 4.78 is 6.28. The fraction of sp³-hybridized carbons (Fsp3) is 0.211. The Morgan fingerprint density at radius 3 is 2.19 bits per heavy atom. The minimum absolute atomic E-state index is 0.322. The predicted octanol–water partition coefficient (Wildman–Crippen LogP) is 3.77. The number of fused-ring (bicyclic) bond motifs is 1. The van der Waals surface area contributed by atoms with Crippen LogP contribution in [-0.2, 0) is 4.79 Å². The molecule has 26 heavy (non-hydrogen) atoms. The summed E-state index contributed by atoms with van der Waals surface area (Å²) in [5.74, 6) is -0.540. The van der Waals surface area contributed by atoms with Crippen LogP contribution in [0.5, 0.6) is 5.75 Å². The minimum atomic E-state index is -0.960. The van der Waals surface area contributed by atoms with E-state index >= 15 is 0 Å². The summed E-state index contributed by atoms with van der Waals surface area (Å²) in [7, 11) is 0. The standard InChI is InChI=1S/C19H16BrNO4S/c1-26-11-10-16(19(24)25-13-8-6-12(20)7-9-13)21-17(22)14-4-2-3-5-15(14)18(21)23/h2-9,16H,10-11H2,1H3. The number of rotatable bonds is 6. The van der Waals surface area contributed by atoms with Crippen LogP contribution in [0.2, 0.25) is 0 Å². The Labute approximate surface area is 163 Å². The maximum atomic E-state index is 12.7. The maximum Gasteiger partial charge on any atom is 0.334 e. The molecule has 0 spiro atoms. The molecule has 0 N–H and O–H groups in total. The first-order chi connectivity index (χ1) is 12.5. The van der Waals surface area contributed by atoms with Gasteiger partial charge in [-0.2, -0.15) is 11.8 Å². The highest BCUT2D eigenvalue weighted by atomic mass is 79.9. The summed E-state index contributed by atoms with van der Waals surface area (Å²) in [5, 5.41) is 0. The third kappa shape index (κ3) is 3.68. The Kier molecular flexibility index (Phi) is 5.78. The van der Waals surface area contributed by atoms with Gasteiger partial charge in [-0.05, 0) is 54.8 Å².